The Hall–Kier alpha value is -2.43. The number of Topliss-reactive ketones (excluding diaryl/α,β-unsaturated/α-hetero) is 1. The highest BCUT2D eigenvalue weighted by atomic mass is 79.9. The highest BCUT2D eigenvalue weighted by molar-refractivity contribution is 9.10. The Balaban J connectivity index is 1.66. The number of fused-ring (bicyclic) bond motifs is 3. The molecule has 230 valence electrons. The van der Waals surface area contributed by atoms with Gasteiger partial charge in [-0.15, -0.1) is 0 Å². The zero-order valence-corrected chi connectivity index (χ0v) is 28.8. The largest absolute Gasteiger partial charge is 0.408 e. The zero-order valence-electron chi connectivity index (χ0n) is 24.8. The number of hydrogen-bond donors (Lipinski definition) is 1. The van der Waals surface area contributed by atoms with Crippen LogP contribution in [0.4, 0.5) is 5.69 Å². The Bertz CT molecular complexity index is 1670. The summed E-state index contributed by atoms with van der Waals surface area (Å²) < 4.78 is 29.8. The van der Waals surface area contributed by atoms with Gasteiger partial charge in [0.05, 0.1) is 18.6 Å². The second-order valence-electron chi connectivity index (χ2n) is 11.3. The molecule has 0 saturated carbocycles. The number of carbonyl (C=O) groups excluding carboxylic acids is 2. The number of piperidine rings is 1. The summed E-state index contributed by atoms with van der Waals surface area (Å²) in [4.78, 5) is 32.0. The molecule has 3 aromatic rings. The fourth-order valence-electron chi connectivity index (χ4n) is 7.40. The van der Waals surface area contributed by atoms with E-state index in [2.05, 4.69) is 37.2 Å². The molecule has 3 aliphatic heterocycles. The summed E-state index contributed by atoms with van der Waals surface area (Å²) in [5, 5.41) is 3.09. The van der Waals surface area contributed by atoms with E-state index in [1.54, 1.807) is 18.5 Å². The average Bonchev–Trinajstić information content (AvgIpc) is 3.45. The lowest BCUT2D eigenvalue weighted by Gasteiger charge is -2.51. The standard InChI is InChI=1S/C33H34Br2N3O5P/c1-4-42-44(41,43-5-2)38-19-24(18-22-10-14-25(34)15-11-22)30(39)32(21-38)28(23-12-16-26(35)17-13-23)20-37(3)33(32)27-8-6-7-9-29(27)36-31(33)40/h6-18,28H,4-5,19-21H2,1-3H3,(H,36,40)/b24-18+/t28-,32+,33+/m0/s1. The summed E-state index contributed by atoms with van der Waals surface area (Å²) in [5.41, 5.74) is 0.777. The van der Waals surface area contributed by atoms with E-state index in [4.69, 9.17) is 9.05 Å². The number of nitrogens with zero attached hydrogens (tertiary/aromatic N) is 2. The topological polar surface area (TPSA) is 88.2 Å². The molecule has 44 heavy (non-hydrogen) atoms. The van der Waals surface area contributed by atoms with E-state index in [1.165, 1.54) is 0 Å². The fraction of sp³-hybridized carbons (Fsp3) is 0.333. The maximum atomic E-state index is 15.4. The van der Waals surface area contributed by atoms with Crippen LogP contribution in [-0.4, -0.2) is 61.2 Å². The maximum absolute atomic E-state index is 15.4. The molecule has 3 atom stereocenters. The first-order valence-electron chi connectivity index (χ1n) is 14.6. The van der Waals surface area contributed by atoms with Crippen LogP contribution in [0.15, 0.2) is 87.3 Å². The molecule has 2 spiro atoms. The summed E-state index contributed by atoms with van der Waals surface area (Å²) in [7, 11) is -1.98. The van der Waals surface area contributed by atoms with Crippen LogP contribution in [0.5, 0.6) is 0 Å². The SMILES string of the molecule is CCOP(=O)(OCC)N1C/C(=C\c2ccc(Br)cc2)C(=O)[C@@]2(C1)[C@H](c1ccc(Br)cc1)CN(C)[C@]21C(=O)Nc2ccccc21. The Kier molecular flexibility index (Phi) is 8.65. The molecule has 1 N–H and O–H groups in total. The fourth-order valence-corrected chi connectivity index (χ4v) is 9.70. The molecule has 8 nitrogen and oxygen atoms in total. The van der Waals surface area contributed by atoms with Gasteiger partial charge < -0.3 is 5.32 Å². The van der Waals surface area contributed by atoms with Crippen LogP contribution in [0.25, 0.3) is 6.08 Å². The van der Waals surface area contributed by atoms with Gasteiger partial charge in [0.2, 0.25) is 0 Å². The molecule has 2 saturated heterocycles. The van der Waals surface area contributed by atoms with E-state index in [-0.39, 0.29) is 38.0 Å². The molecule has 3 heterocycles. The molecule has 6 rings (SSSR count). The molecule has 3 aliphatic rings. The third kappa shape index (κ3) is 4.81. The molecular weight excluding hydrogens is 709 g/mol. The molecule has 11 heteroatoms. The molecule has 0 aromatic heterocycles. The number of halogens is 2. The summed E-state index contributed by atoms with van der Waals surface area (Å²) in [5.74, 6) is -0.861. The number of para-hydroxylation sites is 1. The molecule has 0 radical (unpaired) electrons. The van der Waals surface area contributed by atoms with Crippen molar-refractivity contribution in [3.63, 3.8) is 0 Å². The number of rotatable bonds is 7. The normalized spacial score (nSPS) is 26.6. The first-order chi connectivity index (χ1) is 21.1. The number of likely N-dealkylation sites (tertiary alicyclic amines) is 1. The molecule has 3 aromatic carbocycles. The molecule has 0 bridgehead atoms. The number of benzene rings is 3. The van der Waals surface area contributed by atoms with Crippen molar-refractivity contribution in [3.8, 4) is 0 Å². The van der Waals surface area contributed by atoms with Crippen molar-refractivity contribution in [1.82, 2.24) is 9.57 Å². The van der Waals surface area contributed by atoms with Crippen molar-refractivity contribution in [3.05, 3.63) is 104 Å². The van der Waals surface area contributed by atoms with Gasteiger partial charge in [-0.3, -0.25) is 23.5 Å². The molecule has 0 unspecified atom stereocenters. The first-order valence-corrected chi connectivity index (χ1v) is 17.7. The first kappa shape index (κ1) is 31.5. The number of likely N-dealkylation sites (N-methyl/N-ethyl adjacent to an activating group) is 1. The minimum atomic E-state index is -3.88. The van der Waals surface area contributed by atoms with Gasteiger partial charge in [-0.1, -0.05) is 74.3 Å². The quantitative estimate of drug-likeness (QED) is 0.202. The van der Waals surface area contributed by atoms with Crippen molar-refractivity contribution in [2.45, 2.75) is 25.3 Å². The summed E-state index contributed by atoms with van der Waals surface area (Å²) >= 11 is 7.04. The lowest BCUT2D eigenvalue weighted by atomic mass is 9.56. The van der Waals surface area contributed by atoms with Gasteiger partial charge in [0.25, 0.3) is 5.91 Å². The number of ketones is 1. The monoisotopic (exact) mass is 741 g/mol. The Labute approximate surface area is 274 Å². The second-order valence-corrected chi connectivity index (χ2v) is 15.2. The van der Waals surface area contributed by atoms with Crippen LogP contribution in [0, 0.1) is 5.41 Å². The van der Waals surface area contributed by atoms with Gasteiger partial charge in [0.1, 0.15) is 5.54 Å². The van der Waals surface area contributed by atoms with Crippen LogP contribution in [0.1, 0.15) is 36.5 Å². The third-order valence-electron chi connectivity index (χ3n) is 9.06. The third-order valence-corrected chi connectivity index (χ3v) is 12.3. The summed E-state index contributed by atoms with van der Waals surface area (Å²) in [6.07, 6.45) is 1.84. The number of carbonyl (C=O) groups is 2. The molecule has 1 amide bonds. The van der Waals surface area contributed by atoms with E-state index in [0.29, 0.717) is 17.8 Å². The van der Waals surface area contributed by atoms with Crippen molar-refractivity contribution < 1.29 is 23.2 Å². The molecule has 0 aliphatic carbocycles. The Morgan fingerprint density at radius 2 is 1.57 bits per heavy atom. The number of amides is 1. The van der Waals surface area contributed by atoms with Crippen LogP contribution in [-0.2, 0) is 28.7 Å². The minimum absolute atomic E-state index is 0.00634. The summed E-state index contributed by atoms with van der Waals surface area (Å²) in [6.45, 7) is 4.31. The second kappa shape index (κ2) is 12.1. The van der Waals surface area contributed by atoms with Crippen LogP contribution in [0.3, 0.4) is 0 Å². The predicted molar refractivity (Wildman–Crippen MR) is 178 cm³/mol. The average molecular weight is 743 g/mol. The Morgan fingerprint density at radius 3 is 2.20 bits per heavy atom. The maximum Gasteiger partial charge on any atom is 0.408 e. The van der Waals surface area contributed by atoms with Crippen molar-refractivity contribution in [2.75, 3.05) is 45.2 Å². The predicted octanol–water partition coefficient (Wildman–Crippen LogP) is 7.22. The van der Waals surface area contributed by atoms with E-state index in [1.807, 2.05) is 90.8 Å². The van der Waals surface area contributed by atoms with Gasteiger partial charge in [-0.2, -0.15) is 0 Å². The van der Waals surface area contributed by atoms with Gasteiger partial charge in [0, 0.05) is 51.3 Å². The lowest BCUT2D eigenvalue weighted by Crippen LogP contribution is -2.65. The van der Waals surface area contributed by atoms with Gasteiger partial charge >= 0.3 is 7.75 Å². The van der Waals surface area contributed by atoms with Crippen molar-refractivity contribution in [2.24, 2.45) is 5.41 Å². The van der Waals surface area contributed by atoms with E-state index < -0.39 is 24.6 Å². The van der Waals surface area contributed by atoms with Crippen molar-refractivity contribution >= 4 is 63.1 Å². The number of hydrogen-bond acceptors (Lipinski definition) is 6. The molecule has 2 fully saturated rings. The van der Waals surface area contributed by atoms with E-state index in [0.717, 1.165) is 25.6 Å². The molecular formula is C33H34Br2N3O5P. The van der Waals surface area contributed by atoms with Crippen LogP contribution in [0.2, 0.25) is 0 Å². The Morgan fingerprint density at radius 1 is 0.955 bits per heavy atom. The van der Waals surface area contributed by atoms with E-state index >= 15 is 4.79 Å². The number of anilines is 1. The van der Waals surface area contributed by atoms with Gasteiger partial charge in [-0.05, 0) is 68.4 Å². The zero-order chi connectivity index (χ0) is 31.3. The highest BCUT2D eigenvalue weighted by Crippen LogP contribution is 2.67. The van der Waals surface area contributed by atoms with Gasteiger partial charge in [-0.25, -0.2) is 9.24 Å². The van der Waals surface area contributed by atoms with E-state index in [9.17, 15) is 9.36 Å². The minimum Gasteiger partial charge on any atom is -0.324 e. The van der Waals surface area contributed by atoms with Crippen LogP contribution < -0.4 is 5.32 Å². The van der Waals surface area contributed by atoms with Crippen molar-refractivity contribution in [1.29, 1.82) is 0 Å². The highest BCUT2D eigenvalue weighted by Gasteiger charge is 2.75. The lowest BCUT2D eigenvalue weighted by molar-refractivity contribution is -0.145. The number of nitrogens with one attached hydrogen (secondary N) is 1. The summed E-state index contributed by atoms with van der Waals surface area (Å²) in [6, 6.07) is 23.1. The van der Waals surface area contributed by atoms with Gasteiger partial charge in [0.15, 0.2) is 5.78 Å². The van der Waals surface area contributed by atoms with Crippen LogP contribution >= 0.6 is 39.6 Å². The smallest absolute Gasteiger partial charge is 0.324 e.